The van der Waals surface area contributed by atoms with Gasteiger partial charge in [0, 0.05) is 0 Å². The van der Waals surface area contributed by atoms with Crippen molar-refractivity contribution in [3.63, 3.8) is 0 Å². The van der Waals surface area contributed by atoms with Crippen LogP contribution in [0.1, 0.15) is 25.2 Å². The second-order valence-corrected chi connectivity index (χ2v) is 10.5. The number of halogens is 1. The number of aromatic nitrogens is 2. The molecule has 31 heavy (non-hydrogen) atoms. The van der Waals surface area contributed by atoms with Gasteiger partial charge in [-0.25, -0.2) is 0 Å². The van der Waals surface area contributed by atoms with Crippen molar-refractivity contribution in [2.45, 2.75) is 26.2 Å². The number of fused-ring (bicyclic) bond motifs is 1. The van der Waals surface area contributed by atoms with Crippen LogP contribution in [0.4, 0.5) is 11.5 Å². The summed E-state index contributed by atoms with van der Waals surface area (Å²) in [4.78, 5) is 11.9. The third-order valence-corrected chi connectivity index (χ3v) is 8.00. The van der Waals surface area contributed by atoms with Crippen LogP contribution in [0.2, 0.25) is 5.02 Å². The van der Waals surface area contributed by atoms with E-state index in [1.54, 1.807) is 14.2 Å². The first-order valence-electron chi connectivity index (χ1n) is 9.84. The average molecular weight is 501 g/mol. The number of methoxy groups -OCH3 is 2. The van der Waals surface area contributed by atoms with Gasteiger partial charge in [0.05, 0.1) is 0 Å². The zero-order valence-electron chi connectivity index (χ0n) is 18.1. The Bertz CT molecular complexity index is 1230. The molecule has 4 rings (SSSR count). The Hall–Kier alpha value is -2.53. The Morgan fingerprint density at radius 3 is 2.23 bits per heavy atom. The molecule has 0 atom stereocenters. The molecule has 7 heteroatoms. The molecule has 2 aromatic carbocycles. The number of rotatable bonds is 5. The molecule has 0 fully saturated rings. The number of hydrogen-bond acceptors (Lipinski definition) is 5. The standard InChI is InChI=1S/C24H24ClN3O2Se/c1-24(2,3)21-10-16(13-31-21)26-23-17-11-19(29-4)20(30-5)12-18(17)27-22(28-23)14-6-8-15(25)9-7-14/h6-13H,1-5H3,(H,26,27,28). The summed E-state index contributed by atoms with van der Waals surface area (Å²) in [5.74, 6) is 2.60. The summed E-state index contributed by atoms with van der Waals surface area (Å²) < 4.78 is 12.4. The summed E-state index contributed by atoms with van der Waals surface area (Å²) in [6.07, 6.45) is 0. The number of hydrogen-bond donors (Lipinski definition) is 1. The summed E-state index contributed by atoms with van der Waals surface area (Å²) in [5.41, 5.74) is 2.87. The molecule has 0 bridgehead atoms. The summed E-state index contributed by atoms with van der Waals surface area (Å²) in [5, 5.41) is 5.06. The minimum absolute atomic E-state index is 0.152. The van der Waals surface area contributed by atoms with Crippen LogP contribution in [0.15, 0.2) is 47.4 Å². The Labute approximate surface area is 193 Å². The number of benzene rings is 2. The van der Waals surface area contributed by atoms with E-state index in [1.807, 2.05) is 36.4 Å². The predicted octanol–water partition coefficient (Wildman–Crippen LogP) is 6.07. The Balaban J connectivity index is 1.87. The van der Waals surface area contributed by atoms with Crippen LogP contribution in [0.3, 0.4) is 0 Å². The normalized spacial score (nSPS) is 11.5. The van der Waals surface area contributed by atoms with E-state index < -0.39 is 0 Å². The fraction of sp³-hybridized carbons (Fsp3) is 0.250. The second kappa shape index (κ2) is 8.54. The second-order valence-electron chi connectivity index (χ2n) is 8.20. The fourth-order valence-electron chi connectivity index (χ4n) is 3.21. The Morgan fingerprint density at radius 1 is 0.935 bits per heavy atom. The van der Waals surface area contributed by atoms with Crippen molar-refractivity contribution < 1.29 is 9.47 Å². The van der Waals surface area contributed by atoms with Crippen LogP contribution in [0.25, 0.3) is 22.3 Å². The molecule has 0 spiro atoms. The molecule has 0 saturated heterocycles. The quantitative estimate of drug-likeness (QED) is 0.337. The zero-order valence-corrected chi connectivity index (χ0v) is 20.6. The average Bonchev–Trinajstić information content (AvgIpc) is 3.22. The molecular weight excluding hydrogens is 477 g/mol. The van der Waals surface area contributed by atoms with E-state index in [9.17, 15) is 0 Å². The summed E-state index contributed by atoms with van der Waals surface area (Å²) in [7, 11) is 3.24. The van der Waals surface area contributed by atoms with Gasteiger partial charge < -0.3 is 0 Å². The van der Waals surface area contributed by atoms with Gasteiger partial charge in [-0.1, -0.05) is 0 Å². The maximum absolute atomic E-state index is 6.07. The Kier molecular flexibility index (Phi) is 5.98. The number of nitrogens with one attached hydrogen (secondary N) is 1. The molecule has 0 unspecified atom stereocenters. The van der Waals surface area contributed by atoms with Crippen LogP contribution in [-0.2, 0) is 5.41 Å². The summed E-state index contributed by atoms with van der Waals surface area (Å²) in [6.45, 7) is 6.73. The van der Waals surface area contributed by atoms with Crippen molar-refractivity contribution in [2.24, 2.45) is 0 Å². The van der Waals surface area contributed by atoms with Gasteiger partial charge in [-0.05, 0) is 0 Å². The summed E-state index contributed by atoms with van der Waals surface area (Å²) >= 11 is 6.39. The molecule has 0 aliphatic carbocycles. The van der Waals surface area contributed by atoms with Crippen LogP contribution in [-0.4, -0.2) is 38.7 Å². The molecular formula is C24H24ClN3O2Se. The van der Waals surface area contributed by atoms with Crippen LogP contribution >= 0.6 is 11.6 Å². The number of ether oxygens (including phenoxy) is 2. The maximum atomic E-state index is 6.07. The van der Waals surface area contributed by atoms with E-state index >= 15 is 0 Å². The van der Waals surface area contributed by atoms with Crippen LogP contribution < -0.4 is 14.8 Å². The van der Waals surface area contributed by atoms with E-state index in [0.717, 1.165) is 28.0 Å². The van der Waals surface area contributed by atoms with E-state index in [1.165, 1.54) is 4.44 Å². The molecule has 160 valence electrons. The molecule has 0 radical (unpaired) electrons. The fourth-order valence-corrected chi connectivity index (χ4v) is 5.29. The Morgan fingerprint density at radius 2 is 1.61 bits per heavy atom. The first-order chi connectivity index (χ1) is 14.8. The van der Waals surface area contributed by atoms with Gasteiger partial charge in [-0.3, -0.25) is 0 Å². The van der Waals surface area contributed by atoms with E-state index in [-0.39, 0.29) is 5.41 Å². The molecule has 0 saturated carbocycles. The topological polar surface area (TPSA) is 56.3 Å². The molecule has 0 amide bonds. The first-order valence-corrected chi connectivity index (χ1v) is 12.1. The van der Waals surface area contributed by atoms with Gasteiger partial charge in [0.25, 0.3) is 0 Å². The van der Waals surface area contributed by atoms with E-state index in [2.05, 4.69) is 37.1 Å². The minimum atomic E-state index is 0.152. The number of nitrogens with zero attached hydrogens (tertiary/aromatic N) is 2. The SMILES string of the molecule is COc1cc2nc(-c3ccc(Cl)cc3)nc(Nc3c[se]c(C(C)(C)C)c3)c2cc1OC. The van der Waals surface area contributed by atoms with Gasteiger partial charge >= 0.3 is 193 Å². The first kappa shape index (κ1) is 21.7. The summed E-state index contributed by atoms with van der Waals surface area (Å²) in [6, 6.07) is 13.5. The molecule has 5 nitrogen and oxygen atoms in total. The number of anilines is 2. The van der Waals surface area contributed by atoms with Crippen molar-refractivity contribution >= 4 is 48.5 Å². The van der Waals surface area contributed by atoms with Crippen molar-refractivity contribution in [2.75, 3.05) is 19.5 Å². The van der Waals surface area contributed by atoms with Gasteiger partial charge in [0.2, 0.25) is 0 Å². The molecule has 0 aliphatic rings. The predicted molar refractivity (Wildman–Crippen MR) is 128 cm³/mol. The van der Waals surface area contributed by atoms with Crippen molar-refractivity contribution in [3.8, 4) is 22.9 Å². The van der Waals surface area contributed by atoms with Crippen molar-refractivity contribution in [1.82, 2.24) is 9.97 Å². The molecule has 1 N–H and O–H groups in total. The van der Waals surface area contributed by atoms with Crippen LogP contribution in [0, 0.1) is 0 Å². The van der Waals surface area contributed by atoms with Gasteiger partial charge in [0.1, 0.15) is 0 Å². The van der Waals surface area contributed by atoms with Gasteiger partial charge in [-0.2, -0.15) is 0 Å². The van der Waals surface area contributed by atoms with E-state index in [4.69, 9.17) is 31.0 Å². The molecule has 2 aromatic heterocycles. The van der Waals surface area contributed by atoms with Gasteiger partial charge in [-0.15, -0.1) is 0 Å². The molecule has 2 heterocycles. The zero-order chi connectivity index (χ0) is 22.2. The monoisotopic (exact) mass is 501 g/mol. The molecule has 4 aromatic rings. The van der Waals surface area contributed by atoms with Crippen molar-refractivity contribution in [3.05, 3.63) is 56.9 Å². The van der Waals surface area contributed by atoms with Crippen molar-refractivity contribution in [1.29, 1.82) is 0 Å². The third-order valence-electron chi connectivity index (χ3n) is 4.90. The molecule has 0 aliphatic heterocycles. The third kappa shape index (κ3) is 4.57. The van der Waals surface area contributed by atoms with E-state index in [0.29, 0.717) is 36.8 Å². The van der Waals surface area contributed by atoms with Crippen LogP contribution in [0.5, 0.6) is 11.5 Å². The van der Waals surface area contributed by atoms with Gasteiger partial charge in [0.15, 0.2) is 0 Å².